The van der Waals surface area contributed by atoms with Gasteiger partial charge in [-0.05, 0) is 50.3 Å². The number of nitrogens with one attached hydrogen (secondary N) is 1. The Bertz CT molecular complexity index is 1280. The highest BCUT2D eigenvalue weighted by molar-refractivity contribution is 7.92. The van der Waals surface area contributed by atoms with E-state index in [1.54, 1.807) is 23.1 Å². The van der Waals surface area contributed by atoms with Crippen LogP contribution in [0.25, 0.3) is 0 Å². The Morgan fingerprint density at radius 2 is 1.82 bits per heavy atom. The maximum Gasteiger partial charge on any atom is 0.243 e. The molecule has 1 aliphatic carbocycles. The lowest BCUT2D eigenvalue weighted by Crippen LogP contribution is -2.51. The number of nitrogens with zero attached hydrogens (tertiary/aromatic N) is 2. The lowest BCUT2D eigenvalue weighted by atomic mass is 10.1. The fourth-order valence-electron chi connectivity index (χ4n) is 5.34. The molecule has 10 heteroatoms. The van der Waals surface area contributed by atoms with Gasteiger partial charge in [-0.25, -0.2) is 8.42 Å². The summed E-state index contributed by atoms with van der Waals surface area (Å²) >= 11 is 0. The molecule has 1 saturated carbocycles. The van der Waals surface area contributed by atoms with Crippen LogP contribution in [-0.4, -0.2) is 56.8 Å². The molecular formula is C29H39N3O6S. The van der Waals surface area contributed by atoms with Crippen molar-refractivity contribution in [2.75, 3.05) is 23.9 Å². The number of aryl methyl sites for hydroxylation is 1. The average molecular weight is 558 g/mol. The molecule has 0 bridgehead atoms. The maximum absolute atomic E-state index is 13.6. The SMILES string of the molecule is CCC(C(=O)NC1CCCC1)N(Cc1cccc(C)c1)C(=O)CCCN(c1ccc2c(c1)OCO2)S(C)(=O)=O. The van der Waals surface area contributed by atoms with Crippen LogP contribution in [0.1, 0.15) is 63.0 Å². The molecule has 212 valence electrons. The zero-order valence-electron chi connectivity index (χ0n) is 23.0. The minimum absolute atomic E-state index is 0.0931. The van der Waals surface area contributed by atoms with Crippen LogP contribution in [0.4, 0.5) is 5.69 Å². The minimum atomic E-state index is -3.61. The topological polar surface area (TPSA) is 105 Å². The first-order valence-electron chi connectivity index (χ1n) is 13.7. The molecule has 1 fully saturated rings. The molecule has 1 aliphatic heterocycles. The van der Waals surface area contributed by atoms with Crippen LogP contribution >= 0.6 is 0 Å². The Hall–Kier alpha value is -3.27. The second-order valence-corrected chi connectivity index (χ2v) is 12.3. The number of ether oxygens (including phenoxy) is 2. The Kier molecular flexibility index (Phi) is 9.37. The van der Waals surface area contributed by atoms with Crippen molar-refractivity contribution in [3.8, 4) is 11.5 Å². The van der Waals surface area contributed by atoms with Gasteiger partial charge in [0.2, 0.25) is 28.6 Å². The number of amides is 2. The van der Waals surface area contributed by atoms with Crippen LogP contribution in [0.5, 0.6) is 11.5 Å². The predicted molar refractivity (Wildman–Crippen MR) is 150 cm³/mol. The quantitative estimate of drug-likeness (QED) is 0.421. The van der Waals surface area contributed by atoms with Gasteiger partial charge in [-0.3, -0.25) is 13.9 Å². The molecular weight excluding hydrogens is 518 g/mol. The third-order valence-corrected chi connectivity index (χ3v) is 8.51. The number of hydrogen-bond donors (Lipinski definition) is 1. The first kappa shape index (κ1) is 28.7. The largest absolute Gasteiger partial charge is 0.454 e. The smallest absolute Gasteiger partial charge is 0.243 e. The highest BCUT2D eigenvalue weighted by Crippen LogP contribution is 2.36. The Morgan fingerprint density at radius 1 is 1.08 bits per heavy atom. The van der Waals surface area contributed by atoms with E-state index in [1.807, 2.05) is 38.1 Å². The molecule has 4 rings (SSSR count). The zero-order valence-corrected chi connectivity index (χ0v) is 23.8. The zero-order chi connectivity index (χ0) is 28.0. The van der Waals surface area contributed by atoms with Gasteiger partial charge in [0.25, 0.3) is 0 Å². The summed E-state index contributed by atoms with van der Waals surface area (Å²) in [6.07, 6.45) is 6.18. The summed E-state index contributed by atoms with van der Waals surface area (Å²) in [4.78, 5) is 28.6. The third-order valence-electron chi connectivity index (χ3n) is 7.32. The van der Waals surface area contributed by atoms with E-state index >= 15 is 0 Å². The molecule has 1 atom stereocenters. The first-order valence-corrected chi connectivity index (χ1v) is 15.5. The van der Waals surface area contributed by atoms with Gasteiger partial charge in [0.1, 0.15) is 6.04 Å². The molecule has 2 aliphatic rings. The number of fused-ring (bicyclic) bond motifs is 1. The lowest BCUT2D eigenvalue weighted by Gasteiger charge is -2.32. The van der Waals surface area contributed by atoms with E-state index in [9.17, 15) is 18.0 Å². The molecule has 0 aromatic heterocycles. The molecule has 1 N–H and O–H groups in total. The van der Waals surface area contributed by atoms with Crippen molar-refractivity contribution in [1.29, 1.82) is 0 Å². The highest BCUT2D eigenvalue weighted by atomic mass is 32.2. The average Bonchev–Trinajstić information content (AvgIpc) is 3.57. The maximum atomic E-state index is 13.6. The molecule has 0 radical (unpaired) electrons. The van der Waals surface area contributed by atoms with Crippen molar-refractivity contribution < 1.29 is 27.5 Å². The molecule has 0 saturated heterocycles. The summed E-state index contributed by atoms with van der Waals surface area (Å²) in [6, 6.07) is 12.5. The van der Waals surface area contributed by atoms with E-state index in [4.69, 9.17) is 9.47 Å². The number of sulfonamides is 1. The monoisotopic (exact) mass is 557 g/mol. The minimum Gasteiger partial charge on any atom is -0.454 e. The van der Waals surface area contributed by atoms with Crippen molar-refractivity contribution >= 4 is 27.5 Å². The number of anilines is 1. The molecule has 9 nitrogen and oxygen atoms in total. The summed E-state index contributed by atoms with van der Waals surface area (Å²) in [7, 11) is -3.61. The van der Waals surface area contributed by atoms with Crippen LogP contribution in [0.2, 0.25) is 0 Å². The molecule has 2 aromatic rings. The highest BCUT2D eigenvalue weighted by Gasteiger charge is 2.31. The molecule has 2 aromatic carbocycles. The van der Waals surface area contributed by atoms with Gasteiger partial charge in [-0.1, -0.05) is 49.6 Å². The van der Waals surface area contributed by atoms with Gasteiger partial charge in [0.05, 0.1) is 11.9 Å². The van der Waals surface area contributed by atoms with E-state index in [0.717, 1.165) is 43.1 Å². The van der Waals surface area contributed by atoms with Crippen LogP contribution in [0.15, 0.2) is 42.5 Å². The standard InChI is InChI=1S/C29H39N3O6S/c1-4-25(29(34)30-23-11-5-6-12-23)31(19-22-10-7-9-21(2)17-22)28(33)13-8-16-32(39(3,35)36)24-14-15-26-27(18-24)38-20-37-26/h7,9-10,14-15,17-18,23,25H,4-6,8,11-13,16,19-20H2,1-3H3,(H,30,34). The van der Waals surface area contributed by atoms with Gasteiger partial charge in [-0.2, -0.15) is 0 Å². The van der Waals surface area contributed by atoms with Gasteiger partial charge in [0.15, 0.2) is 11.5 Å². The Labute approximate surface area is 231 Å². The van der Waals surface area contributed by atoms with E-state index < -0.39 is 16.1 Å². The van der Waals surface area contributed by atoms with Crippen LogP contribution < -0.4 is 19.1 Å². The summed E-state index contributed by atoms with van der Waals surface area (Å²) < 4.78 is 37.3. The van der Waals surface area contributed by atoms with E-state index in [2.05, 4.69) is 5.32 Å². The Balaban J connectivity index is 1.48. The lowest BCUT2D eigenvalue weighted by molar-refractivity contribution is -0.141. The fourth-order valence-corrected chi connectivity index (χ4v) is 6.30. The summed E-state index contributed by atoms with van der Waals surface area (Å²) in [5.74, 6) is 0.754. The van der Waals surface area contributed by atoms with Gasteiger partial charge < -0.3 is 19.7 Å². The fraction of sp³-hybridized carbons (Fsp3) is 0.517. The number of benzene rings is 2. The molecule has 1 unspecified atom stereocenters. The molecule has 2 amide bonds. The van der Waals surface area contributed by atoms with E-state index in [1.165, 1.54) is 4.31 Å². The number of carbonyl (C=O) groups is 2. The first-order chi connectivity index (χ1) is 18.7. The van der Waals surface area contributed by atoms with E-state index in [0.29, 0.717) is 36.6 Å². The molecule has 1 heterocycles. The van der Waals surface area contributed by atoms with Crippen LogP contribution in [-0.2, 0) is 26.2 Å². The number of carbonyl (C=O) groups excluding carboxylic acids is 2. The van der Waals surface area contributed by atoms with E-state index in [-0.39, 0.29) is 37.6 Å². The van der Waals surface area contributed by atoms with Crippen LogP contribution in [0, 0.1) is 6.92 Å². The third kappa shape index (κ3) is 7.44. The number of rotatable bonds is 12. The van der Waals surface area contributed by atoms with Crippen molar-refractivity contribution in [2.45, 2.75) is 77.4 Å². The summed E-state index contributed by atoms with van der Waals surface area (Å²) in [5.41, 5.74) is 2.48. The normalized spacial score (nSPS) is 15.7. The van der Waals surface area contributed by atoms with Crippen molar-refractivity contribution in [3.63, 3.8) is 0 Å². The van der Waals surface area contributed by atoms with Crippen molar-refractivity contribution in [1.82, 2.24) is 10.2 Å². The van der Waals surface area contributed by atoms with Gasteiger partial charge >= 0.3 is 0 Å². The molecule has 0 spiro atoms. The Morgan fingerprint density at radius 3 is 2.51 bits per heavy atom. The van der Waals surface area contributed by atoms with Gasteiger partial charge in [-0.15, -0.1) is 0 Å². The van der Waals surface area contributed by atoms with Crippen molar-refractivity contribution in [3.05, 3.63) is 53.6 Å². The number of hydrogen-bond acceptors (Lipinski definition) is 6. The second-order valence-electron chi connectivity index (χ2n) is 10.4. The van der Waals surface area contributed by atoms with Crippen molar-refractivity contribution in [2.24, 2.45) is 0 Å². The summed E-state index contributed by atoms with van der Waals surface area (Å²) in [6.45, 7) is 4.44. The molecule has 39 heavy (non-hydrogen) atoms. The van der Waals surface area contributed by atoms with Gasteiger partial charge in [0, 0.05) is 31.6 Å². The second kappa shape index (κ2) is 12.7. The predicted octanol–water partition coefficient (Wildman–Crippen LogP) is 4.14. The summed E-state index contributed by atoms with van der Waals surface area (Å²) in [5, 5.41) is 3.16. The van der Waals surface area contributed by atoms with Crippen LogP contribution in [0.3, 0.4) is 0 Å².